The van der Waals surface area contributed by atoms with E-state index in [2.05, 4.69) is 22.4 Å². The summed E-state index contributed by atoms with van der Waals surface area (Å²) in [5, 5.41) is 3.29. The fourth-order valence-corrected chi connectivity index (χ4v) is 1.63. The fourth-order valence-electron chi connectivity index (χ4n) is 1.63. The van der Waals surface area contributed by atoms with Crippen LogP contribution in [-0.2, 0) is 6.54 Å². The predicted molar refractivity (Wildman–Crippen MR) is 69.3 cm³/mol. The Morgan fingerprint density at radius 3 is 2.65 bits per heavy atom. The number of anilines is 1. The van der Waals surface area contributed by atoms with E-state index in [-0.39, 0.29) is 0 Å². The molecule has 88 valence electrons. The van der Waals surface area contributed by atoms with Crippen LogP contribution in [0.5, 0.6) is 5.75 Å². The Morgan fingerprint density at radius 1 is 1.18 bits per heavy atom. The van der Waals surface area contributed by atoms with Crippen LogP contribution in [0.4, 0.5) is 5.82 Å². The largest absolute Gasteiger partial charge is 0.497 e. The molecule has 0 radical (unpaired) electrons. The first-order valence-corrected chi connectivity index (χ1v) is 5.58. The van der Waals surface area contributed by atoms with Crippen LogP contribution < -0.4 is 10.1 Å². The number of rotatable bonds is 4. The highest BCUT2D eigenvalue weighted by atomic mass is 16.5. The minimum absolute atomic E-state index is 0.764. The minimum Gasteiger partial charge on any atom is -0.497 e. The van der Waals surface area contributed by atoms with Crippen LogP contribution in [0, 0.1) is 6.92 Å². The smallest absolute Gasteiger partial charge is 0.130 e. The van der Waals surface area contributed by atoms with Crippen LogP contribution in [0.25, 0.3) is 0 Å². The van der Waals surface area contributed by atoms with Crippen molar-refractivity contribution in [3.63, 3.8) is 0 Å². The molecule has 1 N–H and O–H groups in total. The maximum Gasteiger partial charge on any atom is 0.130 e. The molecule has 1 heterocycles. The highest BCUT2D eigenvalue weighted by molar-refractivity contribution is 5.43. The number of nitrogens with zero attached hydrogens (tertiary/aromatic N) is 1. The monoisotopic (exact) mass is 228 g/mol. The van der Waals surface area contributed by atoms with Crippen molar-refractivity contribution in [1.29, 1.82) is 0 Å². The summed E-state index contributed by atoms with van der Waals surface area (Å²) in [5.74, 6) is 1.67. The second-order valence-electron chi connectivity index (χ2n) is 3.87. The summed E-state index contributed by atoms with van der Waals surface area (Å²) < 4.78 is 5.21. The third-order valence-corrected chi connectivity index (χ3v) is 2.48. The van der Waals surface area contributed by atoms with Gasteiger partial charge in [-0.1, -0.05) is 30.3 Å². The average Bonchev–Trinajstić information content (AvgIpc) is 2.37. The Balaban J connectivity index is 2.06. The molecule has 0 saturated carbocycles. The lowest BCUT2D eigenvalue weighted by atomic mass is 10.2. The molecule has 0 amide bonds. The third kappa shape index (κ3) is 3.21. The van der Waals surface area contributed by atoms with Crippen molar-refractivity contribution < 1.29 is 4.74 Å². The van der Waals surface area contributed by atoms with Gasteiger partial charge in [-0.2, -0.15) is 0 Å². The van der Waals surface area contributed by atoms with Crippen LogP contribution in [-0.4, -0.2) is 12.1 Å². The van der Waals surface area contributed by atoms with Gasteiger partial charge in [0.1, 0.15) is 11.6 Å². The number of ether oxygens (including phenoxy) is 1. The van der Waals surface area contributed by atoms with Crippen LogP contribution in [0.3, 0.4) is 0 Å². The van der Waals surface area contributed by atoms with Crippen molar-refractivity contribution in [2.75, 3.05) is 12.4 Å². The molecular formula is C14H16N2O. The quantitative estimate of drug-likeness (QED) is 0.873. The van der Waals surface area contributed by atoms with E-state index in [0.717, 1.165) is 23.8 Å². The number of aromatic nitrogens is 1. The van der Waals surface area contributed by atoms with Gasteiger partial charge in [-0.25, -0.2) is 4.98 Å². The normalized spacial score (nSPS) is 10.0. The molecule has 3 nitrogen and oxygen atoms in total. The maximum atomic E-state index is 5.21. The summed E-state index contributed by atoms with van der Waals surface area (Å²) in [6, 6.07) is 14.0. The zero-order valence-electron chi connectivity index (χ0n) is 10.1. The van der Waals surface area contributed by atoms with E-state index < -0.39 is 0 Å². The minimum atomic E-state index is 0.764. The van der Waals surface area contributed by atoms with Crippen LogP contribution >= 0.6 is 0 Å². The Kier molecular flexibility index (Phi) is 3.60. The van der Waals surface area contributed by atoms with E-state index in [0.29, 0.717) is 0 Å². The van der Waals surface area contributed by atoms with Gasteiger partial charge < -0.3 is 10.1 Å². The molecule has 0 bridgehead atoms. The predicted octanol–water partition coefficient (Wildman–Crippen LogP) is 3.01. The molecule has 0 fully saturated rings. The van der Waals surface area contributed by atoms with Crippen molar-refractivity contribution in [3.05, 3.63) is 53.7 Å². The van der Waals surface area contributed by atoms with Crippen molar-refractivity contribution in [2.24, 2.45) is 0 Å². The van der Waals surface area contributed by atoms with Gasteiger partial charge in [0.25, 0.3) is 0 Å². The van der Waals surface area contributed by atoms with E-state index >= 15 is 0 Å². The number of aryl methyl sites for hydroxylation is 1. The first kappa shape index (κ1) is 11.5. The molecule has 0 spiro atoms. The lowest BCUT2D eigenvalue weighted by molar-refractivity contribution is 0.414. The second kappa shape index (κ2) is 5.34. The molecule has 0 saturated heterocycles. The van der Waals surface area contributed by atoms with Crippen molar-refractivity contribution in [1.82, 2.24) is 4.98 Å². The molecule has 0 aliphatic carbocycles. The van der Waals surface area contributed by atoms with Crippen molar-refractivity contribution in [3.8, 4) is 5.75 Å². The number of pyridine rings is 1. The number of hydrogen-bond donors (Lipinski definition) is 1. The van der Waals surface area contributed by atoms with Gasteiger partial charge in [0.2, 0.25) is 0 Å². The highest BCUT2D eigenvalue weighted by Crippen LogP contribution is 2.17. The summed E-state index contributed by atoms with van der Waals surface area (Å²) in [6.45, 7) is 2.72. The Bertz CT molecular complexity index is 483. The summed E-state index contributed by atoms with van der Waals surface area (Å²) in [6.07, 6.45) is 0. The van der Waals surface area contributed by atoms with Crippen LogP contribution in [0.2, 0.25) is 0 Å². The zero-order chi connectivity index (χ0) is 12.1. The van der Waals surface area contributed by atoms with Gasteiger partial charge in [0.15, 0.2) is 0 Å². The van der Waals surface area contributed by atoms with Gasteiger partial charge in [-0.05, 0) is 12.5 Å². The molecule has 1 aromatic heterocycles. The molecule has 17 heavy (non-hydrogen) atoms. The van der Waals surface area contributed by atoms with E-state index in [9.17, 15) is 0 Å². The third-order valence-electron chi connectivity index (χ3n) is 2.48. The average molecular weight is 228 g/mol. The molecule has 2 aromatic rings. The molecule has 0 aliphatic heterocycles. The standard InChI is InChI=1S/C14H16N2O/c1-11-8-13(17-2)9-14(16-11)15-10-12-6-4-3-5-7-12/h3-9H,10H2,1-2H3,(H,15,16). The highest BCUT2D eigenvalue weighted by Gasteiger charge is 2.00. The molecule has 0 aliphatic rings. The van der Waals surface area contributed by atoms with Crippen LogP contribution in [0.15, 0.2) is 42.5 Å². The zero-order valence-corrected chi connectivity index (χ0v) is 10.1. The molecule has 2 rings (SSSR count). The number of methoxy groups -OCH3 is 1. The van der Waals surface area contributed by atoms with Gasteiger partial charge in [0.05, 0.1) is 7.11 Å². The van der Waals surface area contributed by atoms with Gasteiger partial charge in [-0.15, -0.1) is 0 Å². The van der Waals surface area contributed by atoms with E-state index in [1.165, 1.54) is 5.56 Å². The molecule has 3 heteroatoms. The summed E-state index contributed by atoms with van der Waals surface area (Å²) in [5.41, 5.74) is 2.18. The van der Waals surface area contributed by atoms with E-state index in [4.69, 9.17) is 4.74 Å². The van der Waals surface area contributed by atoms with Crippen molar-refractivity contribution >= 4 is 5.82 Å². The van der Waals surface area contributed by atoms with Gasteiger partial charge in [-0.3, -0.25) is 0 Å². The maximum absolute atomic E-state index is 5.21. The van der Waals surface area contributed by atoms with E-state index in [1.807, 2.05) is 37.3 Å². The lowest BCUT2D eigenvalue weighted by Crippen LogP contribution is -2.02. The first-order chi connectivity index (χ1) is 8.28. The number of hydrogen-bond acceptors (Lipinski definition) is 3. The molecule has 0 atom stereocenters. The topological polar surface area (TPSA) is 34.1 Å². The lowest BCUT2D eigenvalue weighted by Gasteiger charge is -2.08. The summed E-state index contributed by atoms with van der Waals surface area (Å²) in [4.78, 5) is 4.41. The SMILES string of the molecule is COc1cc(C)nc(NCc2ccccc2)c1. The Labute approximate surface area is 101 Å². The Morgan fingerprint density at radius 2 is 1.94 bits per heavy atom. The number of nitrogens with one attached hydrogen (secondary N) is 1. The number of benzene rings is 1. The van der Waals surface area contributed by atoms with Gasteiger partial charge >= 0.3 is 0 Å². The van der Waals surface area contributed by atoms with Crippen LogP contribution in [0.1, 0.15) is 11.3 Å². The van der Waals surface area contributed by atoms with Gasteiger partial charge in [0, 0.05) is 24.4 Å². The summed E-state index contributed by atoms with van der Waals surface area (Å²) in [7, 11) is 1.66. The fraction of sp³-hybridized carbons (Fsp3) is 0.214. The molecular weight excluding hydrogens is 212 g/mol. The summed E-state index contributed by atoms with van der Waals surface area (Å²) >= 11 is 0. The van der Waals surface area contributed by atoms with E-state index in [1.54, 1.807) is 7.11 Å². The van der Waals surface area contributed by atoms with Crippen molar-refractivity contribution in [2.45, 2.75) is 13.5 Å². The molecule has 1 aromatic carbocycles. The molecule has 0 unspecified atom stereocenters. The Hall–Kier alpha value is -2.03. The first-order valence-electron chi connectivity index (χ1n) is 5.58. The second-order valence-corrected chi connectivity index (χ2v) is 3.87.